The van der Waals surface area contributed by atoms with Crippen LogP contribution < -0.4 is 0 Å². The Morgan fingerprint density at radius 2 is 1.08 bits per heavy atom. The zero-order valence-electron chi connectivity index (χ0n) is 18.7. The van der Waals surface area contributed by atoms with Crippen molar-refractivity contribution in [3.8, 4) is 46.0 Å². The molecule has 0 bridgehead atoms. The van der Waals surface area contributed by atoms with E-state index in [9.17, 15) is 40.9 Å². The molecule has 8 heteroatoms. The van der Waals surface area contributed by atoms with Crippen molar-refractivity contribution in [3.05, 3.63) is 94.5 Å². The van der Waals surface area contributed by atoms with E-state index in [4.69, 9.17) is 0 Å². The first-order chi connectivity index (χ1) is 17.1. The smallest absolute Gasteiger partial charge is 0.157 e. The number of fused-ring (bicyclic) bond motifs is 1. The first kappa shape index (κ1) is 22.8. The van der Waals surface area contributed by atoms with Crippen LogP contribution in [-0.2, 0) is 0 Å². The van der Waals surface area contributed by atoms with E-state index < -0.39 is 11.8 Å². The second-order valence-electron chi connectivity index (χ2n) is 8.76. The lowest BCUT2D eigenvalue weighted by molar-refractivity contribution is 0.402. The van der Waals surface area contributed by atoms with Crippen LogP contribution in [0.4, 0.5) is 0 Å². The van der Waals surface area contributed by atoms with Gasteiger partial charge in [0.1, 0.15) is 23.0 Å². The molecule has 182 valence electrons. The number of phenolic OH excluding ortho intramolecular Hbond substituents is 8. The summed E-state index contributed by atoms with van der Waals surface area (Å²) in [4.78, 5) is 0. The van der Waals surface area contributed by atoms with E-state index in [1.165, 1.54) is 54.6 Å². The topological polar surface area (TPSA) is 162 Å². The van der Waals surface area contributed by atoms with E-state index in [-0.39, 0.29) is 46.0 Å². The fourth-order valence-corrected chi connectivity index (χ4v) is 4.94. The third-order valence-electron chi connectivity index (χ3n) is 6.40. The van der Waals surface area contributed by atoms with Gasteiger partial charge in [-0.2, -0.15) is 0 Å². The van der Waals surface area contributed by atoms with Gasteiger partial charge in [0.2, 0.25) is 0 Å². The quantitative estimate of drug-likeness (QED) is 0.192. The first-order valence-corrected chi connectivity index (χ1v) is 11.0. The van der Waals surface area contributed by atoms with Crippen molar-refractivity contribution in [3.63, 3.8) is 0 Å². The van der Waals surface area contributed by atoms with Gasteiger partial charge in [-0.05, 0) is 70.3 Å². The first-order valence-electron chi connectivity index (χ1n) is 11.0. The van der Waals surface area contributed by atoms with Crippen molar-refractivity contribution in [2.24, 2.45) is 0 Å². The summed E-state index contributed by atoms with van der Waals surface area (Å²) in [5.41, 5.74) is 2.92. The maximum Gasteiger partial charge on any atom is 0.157 e. The summed E-state index contributed by atoms with van der Waals surface area (Å²) in [6, 6.07) is 15.3. The monoisotopic (exact) mass is 486 g/mol. The second kappa shape index (κ2) is 8.35. The summed E-state index contributed by atoms with van der Waals surface area (Å²) < 4.78 is 0. The minimum absolute atomic E-state index is 0.193. The van der Waals surface area contributed by atoms with Crippen molar-refractivity contribution in [1.82, 2.24) is 0 Å². The zero-order valence-corrected chi connectivity index (χ0v) is 18.7. The Balaban J connectivity index is 1.84. The van der Waals surface area contributed by atoms with Gasteiger partial charge in [-0.25, -0.2) is 0 Å². The highest BCUT2D eigenvalue weighted by molar-refractivity contribution is 5.93. The Labute approximate surface area is 205 Å². The molecule has 4 aromatic carbocycles. The van der Waals surface area contributed by atoms with Crippen LogP contribution in [-0.4, -0.2) is 40.9 Å². The Morgan fingerprint density at radius 3 is 1.72 bits per heavy atom. The molecule has 0 saturated heterocycles. The van der Waals surface area contributed by atoms with Crippen LogP contribution >= 0.6 is 0 Å². The van der Waals surface area contributed by atoms with E-state index >= 15 is 0 Å². The highest BCUT2D eigenvalue weighted by Gasteiger charge is 2.41. The fourth-order valence-electron chi connectivity index (χ4n) is 4.94. The van der Waals surface area contributed by atoms with E-state index in [1.807, 2.05) is 0 Å². The van der Waals surface area contributed by atoms with E-state index in [0.29, 0.717) is 33.4 Å². The molecule has 1 aliphatic carbocycles. The predicted molar refractivity (Wildman–Crippen MR) is 132 cm³/mol. The maximum absolute atomic E-state index is 10.9. The summed E-state index contributed by atoms with van der Waals surface area (Å²) in [7, 11) is 0. The van der Waals surface area contributed by atoms with E-state index in [1.54, 1.807) is 18.2 Å². The Morgan fingerprint density at radius 1 is 0.472 bits per heavy atom. The van der Waals surface area contributed by atoms with Crippen LogP contribution in [0, 0.1) is 0 Å². The van der Waals surface area contributed by atoms with Crippen LogP contribution in [0.2, 0.25) is 0 Å². The molecule has 0 aromatic heterocycles. The molecular formula is C28H22O8. The standard InChI is InChI=1S/C28H22O8/c29-16-7-15(8-17(30)10-16)26-19(5-13-1-3-21(32)23(34)6-13)20-11-18(31)12-25(36)28(20)27(26)14-2-4-22(33)24(35)9-14/h1-12,26-27,29-36H/t26-,27+/m1/s1. The summed E-state index contributed by atoms with van der Waals surface area (Å²) in [5.74, 6) is -3.47. The molecule has 8 nitrogen and oxygen atoms in total. The van der Waals surface area contributed by atoms with Crippen molar-refractivity contribution < 1.29 is 40.9 Å². The van der Waals surface area contributed by atoms with Gasteiger partial charge in [-0.15, -0.1) is 0 Å². The normalized spacial score (nSPS) is 17.8. The highest BCUT2D eigenvalue weighted by Crippen LogP contribution is 2.59. The SMILES string of the molecule is Oc1cc(O)cc([C@@H]2C(=Cc3ccc(O)c(O)c3)c3cc(O)cc(O)c3[C@H]2c2ccc(O)c(O)c2)c1. The van der Waals surface area contributed by atoms with Crippen molar-refractivity contribution in [2.75, 3.05) is 0 Å². The van der Waals surface area contributed by atoms with Crippen LogP contribution in [0.1, 0.15) is 39.7 Å². The number of hydrogen-bond acceptors (Lipinski definition) is 8. The maximum atomic E-state index is 10.9. The van der Waals surface area contributed by atoms with Crippen LogP contribution in [0.15, 0.2) is 66.7 Å². The molecule has 0 aliphatic heterocycles. The van der Waals surface area contributed by atoms with Gasteiger partial charge in [-0.1, -0.05) is 18.2 Å². The lowest BCUT2D eigenvalue weighted by Crippen LogP contribution is -2.08. The second-order valence-corrected chi connectivity index (χ2v) is 8.76. The van der Waals surface area contributed by atoms with Gasteiger partial charge in [0, 0.05) is 29.5 Å². The van der Waals surface area contributed by atoms with Crippen molar-refractivity contribution >= 4 is 11.6 Å². The lowest BCUT2D eigenvalue weighted by Gasteiger charge is -2.24. The zero-order chi connectivity index (χ0) is 25.7. The summed E-state index contributed by atoms with van der Waals surface area (Å²) in [5, 5.41) is 81.6. The molecule has 0 unspecified atom stereocenters. The van der Waals surface area contributed by atoms with Gasteiger partial charge in [0.05, 0.1) is 0 Å². The molecule has 8 N–H and O–H groups in total. The van der Waals surface area contributed by atoms with Gasteiger partial charge < -0.3 is 40.9 Å². The summed E-state index contributed by atoms with van der Waals surface area (Å²) in [6.07, 6.45) is 1.70. The number of hydrogen-bond donors (Lipinski definition) is 8. The third kappa shape index (κ3) is 3.84. The summed E-state index contributed by atoms with van der Waals surface area (Å²) >= 11 is 0. The van der Waals surface area contributed by atoms with Crippen LogP contribution in [0.3, 0.4) is 0 Å². The van der Waals surface area contributed by atoms with Crippen molar-refractivity contribution in [1.29, 1.82) is 0 Å². The molecule has 4 aromatic rings. The Hall–Kier alpha value is -4.98. The Kier molecular flexibility index (Phi) is 5.29. The average Bonchev–Trinajstić information content (AvgIpc) is 3.11. The molecular weight excluding hydrogens is 464 g/mol. The molecule has 1 aliphatic rings. The van der Waals surface area contributed by atoms with Crippen molar-refractivity contribution in [2.45, 2.75) is 11.8 Å². The fraction of sp³-hybridized carbons (Fsp3) is 0.0714. The highest BCUT2D eigenvalue weighted by atomic mass is 16.3. The van der Waals surface area contributed by atoms with Gasteiger partial charge >= 0.3 is 0 Å². The molecule has 0 heterocycles. The molecule has 0 fully saturated rings. The number of allylic oxidation sites excluding steroid dienone is 1. The van der Waals surface area contributed by atoms with Gasteiger partial charge in [-0.3, -0.25) is 0 Å². The molecule has 36 heavy (non-hydrogen) atoms. The van der Waals surface area contributed by atoms with Gasteiger partial charge in [0.25, 0.3) is 0 Å². The molecule has 0 amide bonds. The number of phenols is 8. The average molecular weight is 486 g/mol. The lowest BCUT2D eigenvalue weighted by atomic mass is 9.79. The van der Waals surface area contributed by atoms with E-state index in [0.717, 1.165) is 0 Å². The number of rotatable bonds is 3. The minimum atomic E-state index is -0.676. The van der Waals surface area contributed by atoms with Crippen LogP contribution in [0.25, 0.3) is 11.6 Å². The largest absolute Gasteiger partial charge is 0.508 e. The number of aromatic hydroxyl groups is 8. The molecule has 0 spiro atoms. The van der Waals surface area contributed by atoms with E-state index in [2.05, 4.69) is 0 Å². The third-order valence-corrected chi connectivity index (χ3v) is 6.40. The Bertz CT molecular complexity index is 1520. The van der Waals surface area contributed by atoms with Gasteiger partial charge in [0.15, 0.2) is 23.0 Å². The molecule has 5 rings (SSSR count). The van der Waals surface area contributed by atoms with Crippen LogP contribution in [0.5, 0.6) is 46.0 Å². The molecule has 2 atom stereocenters. The molecule has 0 saturated carbocycles. The summed E-state index contributed by atoms with van der Waals surface area (Å²) in [6.45, 7) is 0. The minimum Gasteiger partial charge on any atom is -0.508 e. The molecule has 0 radical (unpaired) electrons. The number of benzene rings is 4. The predicted octanol–water partition coefficient (Wildman–Crippen LogP) is 4.80.